The van der Waals surface area contributed by atoms with E-state index in [0.717, 1.165) is 23.4 Å². The Morgan fingerprint density at radius 1 is 1.42 bits per heavy atom. The summed E-state index contributed by atoms with van der Waals surface area (Å²) in [6, 6.07) is 7.53. The smallest absolute Gasteiger partial charge is 0.119 e. The van der Waals surface area contributed by atoms with Gasteiger partial charge in [0.1, 0.15) is 5.75 Å². The summed E-state index contributed by atoms with van der Waals surface area (Å²) in [5, 5.41) is 14.9. The van der Waals surface area contributed by atoms with Crippen LogP contribution in [0, 0.1) is 0 Å². The van der Waals surface area contributed by atoms with Gasteiger partial charge in [-0.05, 0) is 37.1 Å². The third kappa shape index (κ3) is 3.15. The highest BCUT2D eigenvalue weighted by molar-refractivity contribution is 5.33. The molecule has 0 aliphatic heterocycles. The highest BCUT2D eigenvalue weighted by atomic mass is 16.5. The van der Waals surface area contributed by atoms with Crippen LogP contribution in [0.5, 0.6) is 5.75 Å². The van der Waals surface area contributed by atoms with Gasteiger partial charge in [-0.2, -0.15) is 5.10 Å². The van der Waals surface area contributed by atoms with E-state index in [9.17, 15) is 5.11 Å². The lowest BCUT2D eigenvalue weighted by molar-refractivity contribution is 0.0573. The molecule has 0 fully saturated rings. The van der Waals surface area contributed by atoms with Crippen molar-refractivity contribution in [2.75, 3.05) is 7.11 Å². The van der Waals surface area contributed by atoms with Crippen LogP contribution in [0.4, 0.5) is 0 Å². The van der Waals surface area contributed by atoms with Crippen molar-refractivity contribution in [1.29, 1.82) is 0 Å². The number of methoxy groups -OCH3 is 1. The number of benzene rings is 1. The Kier molecular flexibility index (Phi) is 3.90. The topological polar surface area (TPSA) is 47.3 Å². The second-order valence-electron chi connectivity index (χ2n) is 4.89. The molecule has 0 radical (unpaired) electrons. The molecule has 0 amide bonds. The zero-order valence-corrected chi connectivity index (χ0v) is 11.6. The van der Waals surface area contributed by atoms with Crippen LogP contribution >= 0.6 is 0 Å². The maximum absolute atomic E-state index is 10.6. The zero-order valence-electron chi connectivity index (χ0n) is 11.6. The molecule has 19 heavy (non-hydrogen) atoms. The Balaban J connectivity index is 2.20. The molecule has 0 spiro atoms. The Bertz CT molecular complexity index is 547. The predicted molar refractivity (Wildman–Crippen MR) is 74.2 cm³/mol. The van der Waals surface area contributed by atoms with Gasteiger partial charge in [-0.15, -0.1) is 0 Å². The lowest BCUT2D eigenvalue weighted by atomic mass is 9.90. The largest absolute Gasteiger partial charge is 0.497 e. The molecule has 0 saturated carbocycles. The van der Waals surface area contributed by atoms with Crippen LogP contribution in [0.2, 0.25) is 0 Å². The molecular weight excluding hydrogens is 240 g/mol. The molecule has 102 valence electrons. The quantitative estimate of drug-likeness (QED) is 0.897. The lowest BCUT2D eigenvalue weighted by Gasteiger charge is -2.23. The molecule has 1 aromatic heterocycles. The van der Waals surface area contributed by atoms with Crippen molar-refractivity contribution in [3.8, 4) is 5.75 Å². The van der Waals surface area contributed by atoms with E-state index in [-0.39, 0.29) is 0 Å². The Morgan fingerprint density at radius 2 is 2.21 bits per heavy atom. The fourth-order valence-corrected chi connectivity index (χ4v) is 2.13. The zero-order chi connectivity index (χ0) is 13.9. The fraction of sp³-hybridized carbons (Fsp3) is 0.400. The van der Waals surface area contributed by atoms with Gasteiger partial charge in [-0.3, -0.25) is 4.68 Å². The van der Waals surface area contributed by atoms with E-state index < -0.39 is 5.60 Å². The van der Waals surface area contributed by atoms with Gasteiger partial charge in [0.05, 0.1) is 18.9 Å². The average molecular weight is 260 g/mol. The second kappa shape index (κ2) is 5.45. The van der Waals surface area contributed by atoms with E-state index in [1.807, 2.05) is 49.0 Å². The molecule has 1 N–H and O–H groups in total. The molecule has 1 aromatic carbocycles. The highest BCUT2D eigenvalue weighted by Crippen LogP contribution is 2.27. The number of aromatic nitrogens is 2. The number of aliphatic hydroxyl groups is 1. The molecule has 0 aliphatic rings. The summed E-state index contributed by atoms with van der Waals surface area (Å²) in [5.74, 6) is 0.752. The van der Waals surface area contributed by atoms with Crippen LogP contribution in [0.3, 0.4) is 0 Å². The van der Waals surface area contributed by atoms with Crippen LogP contribution in [0.1, 0.15) is 25.0 Å². The van der Waals surface area contributed by atoms with E-state index in [1.54, 1.807) is 13.3 Å². The fourth-order valence-electron chi connectivity index (χ4n) is 2.13. The van der Waals surface area contributed by atoms with Crippen molar-refractivity contribution >= 4 is 0 Å². The van der Waals surface area contributed by atoms with Crippen LogP contribution in [0.25, 0.3) is 0 Å². The molecule has 0 saturated heterocycles. The molecule has 1 unspecified atom stereocenters. The minimum atomic E-state index is -0.934. The van der Waals surface area contributed by atoms with E-state index in [4.69, 9.17) is 4.74 Å². The molecule has 1 heterocycles. The first-order valence-electron chi connectivity index (χ1n) is 6.43. The summed E-state index contributed by atoms with van der Waals surface area (Å²) in [7, 11) is 1.62. The van der Waals surface area contributed by atoms with Gasteiger partial charge >= 0.3 is 0 Å². The van der Waals surface area contributed by atoms with E-state index >= 15 is 0 Å². The first-order chi connectivity index (χ1) is 9.05. The molecule has 4 heteroatoms. The predicted octanol–water partition coefficient (Wildman–Crippen LogP) is 2.36. The number of nitrogens with zero attached hydrogens (tertiary/aromatic N) is 2. The van der Waals surface area contributed by atoms with Crippen molar-refractivity contribution in [2.45, 2.75) is 32.4 Å². The van der Waals surface area contributed by atoms with Crippen LogP contribution in [-0.4, -0.2) is 22.0 Å². The Hall–Kier alpha value is -1.81. The standard InChI is InChI=1S/C15H20N2O2/c1-4-17-11-12(10-16-17)9-15(2,18)13-6-5-7-14(8-13)19-3/h5-8,10-11,18H,4,9H2,1-3H3. The molecule has 1 atom stereocenters. The first kappa shape index (κ1) is 13.6. The number of rotatable bonds is 5. The molecule has 2 rings (SSSR count). The van der Waals surface area contributed by atoms with Crippen molar-refractivity contribution in [1.82, 2.24) is 9.78 Å². The minimum Gasteiger partial charge on any atom is -0.497 e. The summed E-state index contributed by atoms with van der Waals surface area (Å²) in [4.78, 5) is 0. The maximum atomic E-state index is 10.6. The summed E-state index contributed by atoms with van der Waals surface area (Å²) in [5.41, 5.74) is 0.932. The second-order valence-corrected chi connectivity index (χ2v) is 4.89. The van der Waals surface area contributed by atoms with Gasteiger partial charge in [0.2, 0.25) is 0 Å². The van der Waals surface area contributed by atoms with Crippen molar-refractivity contribution in [3.05, 3.63) is 47.8 Å². The SMILES string of the molecule is CCn1cc(CC(C)(O)c2cccc(OC)c2)cn1. The van der Waals surface area contributed by atoms with Gasteiger partial charge in [-0.1, -0.05) is 12.1 Å². The molecule has 0 aliphatic carbocycles. The molecule has 0 bridgehead atoms. The van der Waals surface area contributed by atoms with Gasteiger partial charge in [-0.25, -0.2) is 0 Å². The van der Waals surface area contributed by atoms with E-state index in [0.29, 0.717) is 6.42 Å². The summed E-state index contributed by atoms with van der Waals surface area (Å²) in [6.45, 7) is 4.68. The lowest BCUT2D eigenvalue weighted by Crippen LogP contribution is -2.24. The van der Waals surface area contributed by atoms with Crippen LogP contribution < -0.4 is 4.74 Å². The van der Waals surface area contributed by atoms with E-state index in [1.165, 1.54) is 0 Å². The molecule has 2 aromatic rings. The van der Waals surface area contributed by atoms with Crippen molar-refractivity contribution in [3.63, 3.8) is 0 Å². The third-order valence-electron chi connectivity index (χ3n) is 3.25. The third-order valence-corrected chi connectivity index (χ3v) is 3.25. The Morgan fingerprint density at radius 3 is 2.84 bits per heavy atom. The van der Waals surface area contributed by atoms with Crippen molar-refractivity contribution < 1.29 is 9.84 Å². The van der Waals surface area contributed by atoms with Gasteiger partial charge < -0.3 is 9.84 Å². The number of hydrogen-bond acceptors (Lipinski definition) is 3. The van der Waals surface area contributed by atoms with E-state index in [2.05, 4.69) is 5.10 Å². The molecular formula is C15H20N2O2. The van der Waals surface area contributed by atoms with Gasteiger partial charge in [0, 0.05) is 19.2 Å². The van der Waals surface area contributed by atoms with Crippen LogP contribution in [0.15, 0.2) is 36.7 Å². The molecule has 4 nitrogen and oxygen atoms in total. The first-order valence-corrected chi connectivity index (χ1v) is 6.43. The summed E-state index contributed by atoms with van der Waals surface area (Å²) in [6.07, 6.45) is 4.30. The minimum absolute atomic E-state index is 0.528. The van der Waals surface area contributed by atoms with Crippen molar-refractivity contribution in [2.24, 2.45) is 0 Å². The highest BCUT2D eigenvalue weighted by Gasteiger charge is 2.24. The normalized spacial score (nSPS) is 14.1. The Labute approximate surface area is 113 Å². The van der Waals surface area contributed by atoms with Gasteiger partial charge in [0.25, 0.3) is 0 Å². The number of ether oxygens (including phenoxy) is 1. The summed E-state index contributed by atoms with van der Waals surface area (Å²) < 4.78 is 7.05. The summed E-state index contributed by atoms with van der Waals surface area (Å²) >= 11 is 0. The van der Waals surface area contributed by atoms with Gasteiger partial charge in [0.15, 0.2) is 0 Å². The van der Waals surface area contributed by atoms with Crippen LogP contribution in [-0.2, 0) is 18.6 Å². The maximum Gasteiger partial charge on any atom is 0.119 e. The number of aryl methyl sites for hydroxylation is 1. The average Bonchev–Trinajstić information content (AvgIpc) is 2.85. The monoisotopic (exact) mass is 260 g/mol. The number of hydrogen-bond donors (Lipinski definition) is 1.